The summed E-state index contributed by atoms with van der Waals surface area (Å²) in [5.41, 5.74) is 0. The Labute approximate surface area is 118 Å². The van der Waals surface area contributed by atoms with Crippen molar-refractivity contribution < 1.29 is 38.9 Å². The van der Waals surface area contributed by atoms with E-state index in [4.69, 9.17) is 0 Å². The fourth-order valence-corrected chi connectivity index (χ4v) is 1.75. The molecule has 1 heterocycles. The summed E-state index contributed by atoms with van der Waals surface area (Å²) in [5, 5.41) is 0. The van der Waals surface area contributed by atoms with E-state index in [1.807, 2.05) is 24.7 Å². The summed E-state index contributed by atoms with van der Waals surface area (Å²) in [6.07, 6.45) is 7.29. The molecule has 0 bridgehead atoms. The molecule has 1 aromatic heterocycles. The van der Waals surface area contributed by atoms with Crippen LogP contribution in [0.15, 0.2) is 18.7 Å². The minimum atomic E-state index is -3.85. The van der Waals surface area contributed by atoms with Gasteiger partial charge in [-0.2, -0.15) is 8.42 Å². The molecule has 0 aliphatic heterocycles. The van der Waals surface area contributed by atoms with Crippen molar-refractivity contribution in [3.05, 3.63) is 18.7 Å². The van der Waals surface area contributed by atoms with Crippen molar-refractivity contribution in [3.8, 4) is 0 Å². The molecular formula is C10H20BrFN2O3S. The maximum Gasteiger partial charge on any atom is 0.297 e. The summed E-state index contributed by atoms with van der Waals surface area (Å²) in [4.78, 5) is 0. The Morgan fingerprint density at radius 3 is 2.28 bits per heavy atom. The van der Waals surface area contributed by atoms with Gasteiger partial charge in [0.05, 0.1) is 19.3 Å². The Morgan fingerprint density at radius 2 is 2.00 bits per heavy atom. The highest BCUT2D eigenvalue weighted by Gasteiger charge is 2.08. The summed E-state index contributed by atoms with van der Waals surface area (Å²) < 4.78 is 38.2. The maximum absolute atomic E-state index is 11.0. The standard InChI is InChI=1S/C6H11N2.C4H9FO3S.BrH/c1-3-8-5-4-7(2)6-8;1-2-3-4-9(6,7)8-5;/h4-6H,3H2,1-2H3;2-4H2,1H3;1H/q+1;;/p-1. The third-order valence-corrected chi connectivity index (χ3v) is 3.01. The van der Waals surface area contributed by atoms with E-state index in [0.29, 0.717) is 12.8 Å². The molecule has 0 saturated heterocycles. The Morgan fingerprint density at radius 1 is 1.39 bits per heavy atom. The van der Waals surface area contributed by atoms with Gasteiger partial charge in [0.15, 0.2) is 0 Å². The van der Waals surface area contributed by atoms with E-state index in [9.17, 15) is 12.9 Å². The van der Waals surface area contributed by atoms with E-state index in [0.717, 1.165) is 6.54 Å². The lowest BCUT2D eigenvalue weighted by atomic mass is 10.4. The molecule has 0 radical (unpaired) electrons. The molecule has 18 heavy (non-hydrogen) atoms. The molecule has 0 N–H and O–H groups in total. The molecule has 8 heteroatoms. The van der Waals surface area contributed by atoms with Crippen molar-refractivity contribution in [2.45, 2.75) is 33.2 Å². The van der Waals surface area contributed by atoms with Crippen molar-refractivity contribution in [1.29, 1.82) is 0 Å². The average molecular weight is 347 g/mol. The topological polar surface area (TPSA) is 52.2 Å². The van der Waals surface area contributed by atoms with Gasteiger partial charge in [0, 0.05) is 0 Å². The molecule has 0 fully saturated rings. The molecule has 0 unspecified atom stereocenters. The molecular weight excluding hydrogens is 327 g/mol. The van der Waals surface area contributed by atoms with E-state index in [2.05, 4.69) is 28.4 Å². The summed E-state index contributed by atoms with van der Waals surface area (Å²) in [5.74, 6) is -0.236. The lowest BCUT2D eigenvalue weighted by Gasteiger charge is -1.92. The van der Waals surface area contributed by atoms with Crippen LogP contribution in [0.5, 0.6) is 0 Å². The van der Waals surface area contributed by atoms with Crippen LogP contribution in [0.25, 0.3) is 0 Å². The van der Waals surface area contributed by atoms with E-state index in [1.165, 1.54) is 0 Å². The second kappa shape index (κ2) is 10.5. The summed E-state index contributed by atoms with van der Waals surface area (Å²) >= 11 is 0. The van der Waals surface area contributed by atoms with Crippen LogP contribution in [0.4, 0.5) is 4.53 Å². The van der Waals surface area contributed by atoms with Crippen LogP contribution < -0.4 is 21.5 Å². The zero-order valence-corrected chi connectivity index (χ0v) is 13.2. The molecule has 1 rings (SSSR count). The van der Waals surface area contributed by atoms with Crippen LogP contribution in [-0.4, -0.2) is 18.7 Å². The van der Waals surface area contributed by atoms with Gasteiger partial charge < -0.3 is 17.0 Å². The fraction of sp³-hybridized carbons (Fsp3) is 0.700. The third-order valence-electron chi connectivity index (χ3n) is 2.03. The van der Waals surface area contributed by atoms with Crippen LogP contribution >= 0.6 is 0 Å². The quantitative estimate of drug-likeness (QED) is 0.600. The number of halogens is 2. The highest BCUT2D eigenvalue weighted by atomic mass is 79.9. The van der Waals surface area contributed by atoms with Gasteiger partial charge in [-0.15, -0.1) is 0 Å². The maximum atomic E-state index is 11.0. The van der Waals surface area contributed by atoms with Crippen molar-refractivity contribution >= 4 is 10.1 Å². The van der Waals surface area contributed by atoms with E-state index < -0.39 is 10.1 Å². The summed E-state index contributed by atoms with van der Waals surface area (Å²) in [6, 6.07) is 0. The number of unbranched alkanes of at least 4 members (excludes halogenated alkanes) is 1. The largest absolute Gasteiger partial charge is 1.00 e. The fourth-order valence-electron chi connectivity index (χ4n) is 1.04. The minimum absolute atomic E-state index is 0. The van der Waals surface area contributed by atoms with Crippen molar-refractivity contribution in [3.63, 3.8) is 0 Å². The Kier molecular flexibility index (Phi) is 11.5. The van der Waals surface area contributed by atoms with E-state index >= 15 is 0 Å². The summed E-state index contributed by atoms with van der Waals surface area (Å²) in [6.45, 7) is 4.99. The third kappa shape index (κ3) is 9.55. The Balaban J connectivity index is 0. The normalized spacial score (nSPS) is 10.2. The molecule has 0 aliphatic carbocycles. The zero-order chi connectivity index (χ0) is 13.3. The van der Waals surface area contributed by atoms with Gasteiger partial charge in [0.2, 0.25) is 6.33 Å². The van der Waals surface area contributed by atoms with Gasteiger partial charge in [-0.3, -0.25) is 0 Å². The Hall–Kier alpha value is -0.470. The zero-order valence-electron chi connectivity index (χ0n) is 10.8. The second-order valence-electron chi connectivity index (χ2n) is 3.59. The first-order chi connectivity index (χ1) is 7.95. The molecule has 0 saturated carbocycles. The van der Waals surface area contributed by atoms with Crippen LogP contribution in [-0.2, 0) is 28.1 Å². The SMILES string of the molecule is CCCCS(=O)(=O)OF.CC[n+]1ccn(C)c1.[Br-]. The predicted molar refractivity (Wildman–Crippen MR) is 62.2 cm³/mol. The number of hydrogen-bond acceptors (Lipinski definition) is 3. The molecule has 5 nitrogen and oxygen atoms in total. The van der Waals surface area contributed by atoms with Gasteiger partial charge in [-0.05, 0) is 17.9 Å². The molecule has 1 aromatic rings. The van der Waals surface area contributed by atoms with Crippen LogP contribution in [0.2, 0.25) is 0 Å². The van der Waals surface area contributed by atoms with Gasteiger partial charge in [-0.1, -0.05) is 17.7 Å². The van der Waals surface area contributed by atoms with Crippen molar-refractivity contribution in [2.24, 2.45) is 7.05 Å². The number of nitrogens with zero attached hydrogens (tertiary/aromatic N) is 2. The van der Waals surface area contributed by atoms with Crippen LogP contribution in [0.1, 0.15) is 26.7 Å². The van der Waals surface area contributed by atoms with Crippen LogP contribution in [0.3, 0.4) is 0 Å². The van der Waals surface area contributed by atoms with Gasteiger partial charge in [-0.25, -0.2) is 9.13 Å². The first kappa shape index (κ1) is 19.9. The van der Waals surface area contributed by atoms with Crippen molar-refractivity contribution in [1.82, 2.24) is 4.57 Å². The minimum Gasteiger partial charge on any atom is -1.00 e. The Bertz CT molecular complexity index is 409. The monoisotopic (exact) mass is 346 g/mol. The number of aromatic nitrogens is 2. The van der Waals surface area contributed by atoms with Gasteiger partial charge in [0.1, 0.15) is 12.4 Å². The van der Waals surface area contributed by atoms with Crippen LogP contribution in [0, 0.1) is 0 Å². The number of aryl methyl sites for hydroxylation is 2. The number of hydrogen-bond donors (Lipinski definition) is 0. The lowest BCUT2D eigenvalue weighted by molar-refractivity contribution is -0.693. The van der Waals surface area contributed by atoms with E-state index in [1.54, 1.807) is 0 Å². The molecule has 0 atom stereocenters. The molecule has 0 aromatic carbocycles. The molecule has 0 amide bonds. The highest BCUT2D eigenvalue weighted by molar-refractivity contribution is 7.86. The second-order valence-corrected chi connectivity index (χ2v) is 5.24. The average Bonchev–Trinajstić information content (AvgIpc) is 2.73. The van der Waals surface area contributed by atoms with E-state index in [-0.39, 0.29) is 22.7 Å². The molecule has 0 spiro atoms. The van der Waals surface area contributed by atoms with Crippen molar-refractivity contribution in [2.75, 3.05) is 5.75 Å². The molecule has 0 aliphatic rings. The number of imidazole rings is 1. The number of rotatable bonds is 5. The predicted octanol–water partition coefficient (Wildman–Crippen LogP) is -1.65. The van der Waals surface area contributed by atoms with Gasteiger partial charge >= 0.3 is 0 Å². The smallest absolute Gasteiger partial charge is 0.297 e. The van der Waals surface area contributed by atoms with Gasteiger partial charge in [0.25, 0.3) is 10.1 Å². The summed E-state index contributed by atoms with van der Waals surface area (Å²) in [7, 11) is -1.83. The molecule has 108 valence electrons. The first-order valence-electron chi connectivity index (χ1n) is 5.49. The lowest BCUT2D eigenvalue weighted by Crippen LogP contribution is -3.00. The first-order valence-corrected chi connectivity index (χ1v) is 7.06. The highest BCUT2D eigenvalue weighted by Crippen LogP contribution is 1.98.